The van der Waals surface area contributed by atoms with Gasteiger partial charge < -0.3 is 10.1 Å². The number of anilines is 1. The van der Waals surface area contributed by atoms with Gasteiger partial charge >= 0.3 is 0 Å². The lowest BCUT2D eigenvalue weighted by Crippen LogP contribution is -2.43. The number of nitrogens with one attached hydrogen (secondary N) is 1. The van der Waals surface area contributed by atoms with Crippen LogP contribution in [0.3, 0.4) is 0 Å². The Balaban J connectivity index is 1.71. The number of ether oxygens (including phenoxy) is 1. The Labute approximate surface area is 162 Å². The highest BCUT2D eigenvalue weighted by Crippen LogP contribution is 2.29. The van der Waals surface area contributed by atoms with Crippen LogP contribution in [0.2, 0.25) is 0 Å². The molecule has 1 N–H and O–H groups in total. The lowest BCUT2D eigenvalue weighted by atomic mass is 10.2. The normalized spacial score (nSPS) is 18.4. The number of hydrogen-bond acceptors (Lipinski definition) is 5. The lowest BCUT2D eigenvalue weighted by molar-refractivity contribution is -0.128. The molecule has 1 fully saturated rings. The molecule has 2 amide bonds. The maximum atomic E-state index is 12.6. The van der Waals surface area contributed by atoms with Crippen LogP contribution in [0, 0.1) is 0 Å². The van der Waals surface area contributed by atoms with Crippen LogP contribution in [0.5, 0.6) is 5.75 Å². The molecule has 3 rings (SSSR count). The summed E-state index contributed by atoms with van der Waals surface area (Å²) in [5, 5.41) is 2.85. The largest absolute Gasteiger partial charge is 0.494 e. The second kappa shape index (κ2) is 8.73. The van der Waals surface area contributed by atoms with Crippen molar-refractivity contribution in [3.8, 4) is 5.75 Å². The number of carbonyl (C=O) groups is 2. The van der Waals surface area contributed by atoms with Crippen molar-refractivity contribution in [2.24, 2.45) is 4.99 Å². The van der Waals surface area contributed by atoms with Gasteiger partial charge in [0.1, 0.15) is 11.0 Å². The van der Waals surface area contributed by atoms with Crippen molar-refractivity contribution in [1.82, 2.24) is 4.90 Å². The van der Waals surface area contributed by atoms with Crippen molar-refractivity contribution in [2.75, 3.05) is 19.0 Å². The zero-order chi connectivity index (χ0) is 19.2. The third kappa shape index (κ3) is 4.89. The standard InChI is InChI=1S/C20H21N3O3S/c1-3-26-16-11-9-15(10-12-16)21-19(25)17-13-18(24)23(2)20(27-17)22-14-7-5-4-6-8-14/h4-12,17H,3,13H2,1-2H3,(H,21,25). The molecule has 6 nitrogen and oxygen atoms in total. The van der Waals surface area contributed by atoms with Crippen LogP contribution in [-0.4, -0.2) is 40.8 Å². The Bertz CT molecular complexity index is 837. The Kier molecular flexibility index (Phi) is 6.13. The first-order valence-electron chi connectivity index (χ1n) is 8.67. The van der Waals surface area contributed by atoms with E-state index in [0.717, 1.165) is 11.4 Å². The molecule has 0 aliphatic carbocycles. The minimum atomic E-state index is -0.525. The maximum Gasteiger partial charge on any atom is 0.238 e. The average molecular weight is 383 g/mol. The molecule has 0 spiro atoms. The number of benzene rings is 2. The number of nitrogens with zero attached hydrogens (tertiary/aromatic N) is 2. The minimum absolute atomic E-state index is 0.129. The van der Waals surface area contributed by atoms with Gasteiger partial charge in [-0.1, -0.05) is 30.0 Å². The van der Waals surface area contributed by atoms with Gasteiger partial charge in [-0.25, -0.2) is 4.99 Å². The van der Waals surface area contributed by atoms with Crippen molar-refractivity contribution in [2.45, 2.75) is 18.6 Å². The zero-order valence-electron chi connectivity index (χ0n) is 15.2. The van der Waals surface area contributed by atoms with E-state index in [0.29, 0.717) is 17.5 Å². The fourth-order valence-corrected chi connectivity index (χ4v) is 3.60. The number of thioether (sulfide) groups is 1. The van der Waals surface area contributed by atoms with E-state index in [1.54, 1.807) is 31.3 Å². The van der Waals surface area contributed by atoms with Gasteiger partial charge in [-0.3, -0.25) is 14.5 Å². The molecule has 0 aromatic heterocycles. The Morgan fingerprint density at radius 3 is 2.59 bits per heavy atom. The molecule has 1 heterocycles. The molecule has 1 unspecified atom stereocenters. The highest BCUT2D eigenvalue weighted by Gasteiger charge is 2.34. The smallest absolute Gasteiger partial charge is 0.238 e. The third-order valence-corrected chi connectivity index (χ3v) is 5.22. The fourth-order valence-electron chi connectivity index (χ4n) is 2.53. The summed E-state index contributed by atoms with van der Waals surface area (Å²) in [4.78, 5) is 31.0. The van der Waals surface area contributed by atoms with Gasteiger partial charge in [0.25, 0.3) is 0 Å². The SMILES string of the molecule is CCOc1ccc(NC(=O)C2CC(=O)N(C)C(=Nc3ccccc3)S2)cc1. The van der Waals surface area contributed by atoms with Crippen LogP contribution in [0.4, 0.5) is 11.4 Å². The van der Waals surface area contributed by atoms with Gasteiger partial charge in [-0.2, -0.15) is 0 Å². The highest BCUT2D eigenvalue weighted by molar-refractivity contribution is 8.15. The molecular formula is C20H21N3O3S. The van der Waals surface area contributed by atoms with E-state index in [-0.39, 0.29) is 18.2 Å². The molecule has 1 saturated heterocycles. The van der Waals surface area contributed by atoms with Crippen LogP contribution >= 0.6 is 11.8 Å². The number of para-hydroxylation sites is 1. The topological polar surface area (TPSA) is 71.0 Å². The van der Waals surface area contributed by atoms with Crippen LogP contribution < -0.4 is 10.1 Å². The second-order valence-electron chi connectivity index (χ2n) is 5.94. The van der Waals surface area contributed by atoms with Gasteiger partial charge in [0, 0.05) is 19.2 Å². The quantitative estimate of drug-likeness (QED) is 0.855. The van der Waals surface area contributed by atoms with Crippen molar-refractivity contribution in [3.63, 3.8) is 0 Å². The van der Waals surface area contributed by atoms with E-state index in [9.17, 15) is 9.59 Å². The first kappa shape index (κ1) is 19.0. The van der Waals surface area contributed by atoms with E-state index < -0.39 is 5.25 Å². The molecule has 1 atom stereocenters. The van der Waals surface area contributed by atoms with E-state index in [1.165, 1.54) is 16.7 Å². The molecule has 2 aromatic carbocycles. The zero-order valence-corrected chi connectivity index (χ0v) is 16.0. The second-order valence-corrected chi connectivity index (χ2v) is 7.11. The summed E-state index contributed by atoms with van der Waals surface area (Å²) in [6, 6.07) is 16.5. The molecular weight excluding hydrogens is 362 g/mol. The number of hydrogen-bond donors (Lipinski definition) is 1. The first-order valence-corrected chi connectivity index (χ1v) is 9.55. The van der Waals surface area contributed by atoms with Crippen LogP contribution in [-0.2, 0) is 9.59 Å². The number of carbonyl (C=O) groups excluding carboxylic acids is 2. The summed E-state index contributed by atoms with van der Waals surface area (Å²) in [6.45, 7) is 2.50. The number of amidine groups is 1. The fraction of sp³-hybridized carbons (Fsp3) is 0.250. The number of amides is 2. The van der Waals surface area contributed by atoms with Crippen molar-refractivity contribution in [1.29, 1.82) is 0 Å². The van der Waals surface area contributed by atoms with Gasteiger partial charge in [0.15, 0.2) is 5.17 Å². The van der Waals surface area contributed by atoms with Gasteiger partial charge in [0.2, 0.25) is 11.8 Å². The summed E-state index contributed by atoms with van der Waals surface area (Å²) >= 11 is 1.30. The molecule has 0 saturated carbocycles. The van der Waals surface area contributed by atoms with Gasteiger partial charge in [-0.05, 0) is 43.3 Å². The summed E-state index contributed by atoms with van der Waals surface area (Å²) in [5.41, 5.74) is 1.41. The highest BCUT2D eigenvalue weighted by atomic mass is 32.2. The summed E-state index contributed by atoms with van der Waals surface area (Å²) in [6.07, 6.45) is 0.137. The lowest BCUT2D eigenvalue weighted by Gasteiger charge is -2.28. The molecule has 7 heteroatoms. The van der Waals surface area contributed by atoms with Crippen LogP contribution in [0.15, 0.2) is 59.6 Å². The Morgan fingerprint density at radius 2 is 1.93 bits per heavy atom. The molecule has 1 aliphatic heterocycles. The summed E-state index contributed by atoms with van der Waals surface area (Å²) < 4.78 is 5.40. The van der Waals surface area contributed by atoms with E-state index in [2.05, 4.69) is 10.3 Å². The average Bonchev–Trinajstić information content (AvgIpc) is 2.68. The molecule has 0 bridgehead atoms. The van der Waals surface area contributed by atoms with Gasteiger partial charge in [-0.15, -0.1) is 0 Å². The van der Waals surface area contributed by atoms with E-state index in [1.807, 2.05) is 37.3 Å². The Hall–Kier alpha value is -2.80. The van der Waals surface area contributed by atoms with Crippen LogP contribution in [0.1, 0.15) is 13.3 Å². The summed E-state index contributed by atoms with van der Waals surface area (Å²) in [5.74, 6) is 0.401. The number of rotatable bonds is 5. The van der Waals surface area contributed by atoms with Gasteiger partial charge in [0.05, 0.1) is 12.3 Å². The van der Waals surface area contributed by atoms with E-state index >= 15 is 0 Å². The Morgan fingerprint density at radius 1 is 1.22 bits per heavy atom. The summed E-state index contributed by atoms with van der Waals surface area (Å²) in [7, 11) is 1.68. The van der Waals surface area contributed by atoms with Crippen molar-refractivity contribution >= 4 is 40.1 Å². The molecule has 2 aromatic rings. The predicted octanol–water partition coefficient (Wildman–Crippen LogP) is 3.68. The molecule has 1 aliphatic rings. The number of aliphatic imine (C=N–C) groups is 1. The molecule has 0 radical (unpaired) electrons. The minimum Gasteiger partial charge on any atom is -0.494 e. The van der Waals surface area contributed by atoms with Crippen molar-refractivity contribution in [3.05, 3.63) is 54.6 Å². The predicted molar refractivity (Wildman–Crippen MR) is 109 cm³/mol. The monoisotopic (exact) mass is 383 g/mol. The van der Waals surface area contributed by atoms with Crippen molar-refractivity contribution < 1.29 is 14.3 Å². The van der Waals surface area contributed by atoms with Crippen LogP contribution in [0.25, 0.3) is 0 Å². The molecule has 140 valence electrons. The maximum absolute atomic E-state index is 12.6. The third-order valence-electron chi connectivity index (χ3n) is 3.97. The molecule has 27 heavy (non-hydrogen) atoms. The first-order chi connectivity index (χ1) is 13.1. The van der Waals surface area contributed by atoms with E-state index in [4.69, 9.17) is 4.74 Å².